The number of halogens is 4. The highest BCUT2D eigenvalue weighted by atomic mass is 35.5. The number of anilines is 1. The minimum atomic E-state index is -4.17. The van der Waals surface area contributed by atoms with Crippen molar-refractivity contribution in [2.75, 3.05) is 5.32 Å². The zero-order valence-electron chi connectivity index (χ0n) is 10.5. The summed E-state index contributed by atoms with van der Waals surface area (Å²) in [5.41, 5.74) is 0. The predicted molar refractivity (Wildman–Crippen MR) is 67.2 cm³/mol. The fourth-order valence-electron chi connectivity index (χ4n) is 2.29. The first-order valence-electron chi connectivity index (χ1n) is 6.22. The third-order valence-electron chi connectivity index (χ3n) is 3.42. The summed E-state index contributed by atoms with van der Waals surface area (Å²) in [4.78, 5) is 19.5. The fraction of sp³-hybridized carbons (Fsp3) is 0.583. The van der Waals surface area contributed by atoms with E-state index in [0.717, 1.165) is 0 Å². The van der Waals surface area contributed by atoms with Gasteiger partial charge in [-0.3, -0.25) is 10.1 Å². The van der Waals surface area contributed by atoms with E-state index in [1.54, 1.807) is 0 Å². The van der Waals surface area contributed by atoms with E-state index < -0.39 is 18.0 Å². The molecule has 1 aromatic heterocycles. The molecule has 1 aromatic rings. The lowest BCUT2D eigenvalue weighted by atomic mass is 9.81. The lowest BCUT2D eigenvalue weighted by Gasteiger charge is -2.28. The van der Waals surface area contributed by atoms with Gasteiger partial charge in [-0.05, 0) is 31.7 Å². The number of carbonyl (C=O) groups excluding carboxylic acids is 1. The summed E-state index contributed by atoms with van der Waals surface area (Å²) in [7, 11) is 0. The number of rotatable bonds is 2. The van der Waals surface area contributed by atoms with E-state index in [4.69, 9.17) is 11.6 Å². The highest BCUT2D eigenvalue weighted by Gasteiger charge is 2.42. The summed E-state index contributed by atoms with van der Waals surface area (Å²) >= 11 is 5.66. The number of nitrogens with one attached hydrogen (secondary N) is 1. The molecular formula is C12H13ClF3N3O. The Morgan fingerprint density at radius 2 is 1.95 bits per heavy atom. The number of aromatic nitrogens is 2. The zero-order valence-corrected chi connectivity index (χ0v) is 11.2. The van der Waals surface area contributed by atoms with Crippen molar-refractivity contribution in [3.63, 3.8) is 0 Å². The largest absolute Gasteiger partial charge is 0.391 e. The molecular weight excluding hydrogens is 295 g/mol. The lowest BCUT2D eigenvalue weighted by molar-refractivity contribution is -0.184. The Kier molecular flexibility index (Phi) is 4.47. The first kappa shape index (κ1) is 15.0. The Bertz CT molecular complexity index is 487. The quantitative estimate of drug-likeness (QED) is 0.852. The van der Waals surface area contributed by atoms with Gasteiger partial charge in [0.15, 0.2) is 0 Å². The maximum absolute atomic E-state index is 12.5. The highest BCUT2D eigenvalue weighted by Crippen LogP contribution is 2.39. The fourth-order valence-corrected chi connectivity index (χ4v) is 2.43. The van der Waals surface area contributed by atoms with E-state index in [1.165, 1.54) is 12.3 Å². The van der Waals surface area contributed by atoms with Crippen LogP contribution in [0.3, 0.4) is 0 Å². The van der Waals surface area contributed by atoms with Gasteiger partial charge in [-0.1, -0.05) is 11.6 Å². The molecule has 1 heterocycles. The SMILES string of the molecule is O=C(Nc1nccc(Cl)n1)C1CCC(C(F)(F)F)CC1. The molecule has 0 aromatic carbocycles. The Hall–Kier alpha value is -1.37. The van der Waals surface area contributed by atoms with Gasteiger partial charge in [0.1, 0.15) is 5.15 Å². The second kappa shape index (κ2) is 5.95. The molecule has 1 aliphatic carbocycles. The van der Waals surface area contributed by atoms with E-state index >= 15 is 0 Å². The van der Waals surface area contributed by atoms with Crippen LogP contribution in [0.5, 0.6) is 0 Å². The van der Waals surface area contributed by atoms with Crippen LogP contribution in [0, 0.1) is 11.8 Å². The van der Waals surface area contributed by atoms with Gasteiger partial charge in [0.05, 0.1) is 5.92 Å². The topological polar surface area (TPSA) is 54.9 Å². The van der Waals surface area contributed by atoms with Gasteiger partial charge in [-0.15, -0.1) is 0 Å². The highest BCUT2D eigenvalue weighted by molar-refractivity contribution is 6.29. The van der Waals surface area contributed by atoms with Gasteiger partial charge in [-0.2, -0.15) is 13.2 Å². The average molecular weight is 308 g/mol. The van der Waals surface area contributed by atoms with Crippen molar-refractivity contribution in [2.45, 2.75) is 31.9 Å². The lowest BCUT2D eigenvalue weighted by Crippen LogP contribution is -2.32. The number of carbonyl (C=O) groups is 1. The molecule has 0 atom stereocenters. The molecule has 2 rings (SSSR count). The molecule has 0 radical (unpaired) electrons. The molecule has 1 N–H and O–H groups in total. The van der Waals surface area contributed by atoms with E-state index in [1.807, 2.05) is 0 Å². The molecule has 20 heavy (non-hydrogen) atoms. The van der Waals surface area contributed by atoms with Crippen molar-refractivity contribution in [3.8, 4) is 0 Å². The van der Waals surface area contributed by atoms with Gasteiger partial charge < -0.3 is 0 Å². The van der Waals surface area contributed by atoms with Crippen LogP contribution in [-0.4, -0.2) is 22.1 Å². The standard InChI is InChI=1S/C12H13ClF3N3O/c13-9-5-6-17-11(18-9)19-10(20)7-1-3-8(4-2-7)12(14,15)16/h5-8H,1-4H2,(H,17,18,19,20). The molecule has 0 bridgehead atoms. The third kappa shape index (κ3) is 3.82. The van der Waals surface area contributed by atoms with Crippen LogP contribution < -0.4 is 5.32 Å². The first-order chi connectivity index (χ1) is 9.36. The Morgan fingerprint density at radius 1 is 1.30 bits per heavy atom. The van der Waals surface area contributed by atoms with Gasteiger partial charge in [-0.25, -0.2) is 9.97 Å². The van der Waals surface area contributed by atoms with Crippen molar-refractivity contribution < 1.29 is 18.0 Å². The number of alkyl halides is 3. The summed E-state index contributed by atoms with van der Waals surface area (Å²) in [6, 6.07) is 1.46. The van der Waals surface area contributed by atoms with Crippen LogP contribution in [0.25, 0.3) is 0 Å². The molecule has 0 saturated heterocycles. The summed E-state index contributed by atoms with van der Waals surface area (Å²) in [6.07, 6.45) is -2.37. The van der Waals surface area contributed by atoms with Gasteiger partial charge in [0.2, 0.25) is 11.9 Å². The number of hydrogen-bond donors (Lipinski definition) is 1. The predicted octanol–water partition coefficient (Wildman–Crippen LogP) is 3.44. The van der Waals surface area contributed by atoms with Gasteiger partial charge in [0, 0.05) is 12.1 Å². The number of nitrogens with zero attached hydrogens (tertiary/aromatic N) is 2. The van der Waals surface area contributed by atoms with Crippen molar-refractivity contribution in [1.29, 1.82) is 0 Å². The molecule has 110 valence electrons. The summed E-state index contributed by atoms with van der Waals surface area (Å²) in [5.74, 6) is -2.02. The summed E-state index contributed by atoms with van der Waals surface area (Å²) < 4.78 is 37.6. The van der Waals surface area contributed by atoms with Crippen molar-refractivity contribution in [1.82, 2.24) is 9.97 Å². The Morgan fingerprint density at radius 3 is 2.50 bits per heavy atom. The van der Waals surface area contributed by atoms with E-state index in [0.29, 0.717) is 0 Å². The van der Waals surface area contributed by atoms with Gasteiger partial charge >= 0.3 is 6.18 Å². The van der Waals surface area contributed by atoms with E-state index in [-0.39, 0.29) is 42.7 Å². The van der Waals surface area contributed by atoms with E-state index in [2.05, 4.69) is 15.3 Å². The van der Waals surface area contributed by atoms with Crippen LogP contribution in [0.4, 0.5) is 19.1 Å². The minimum absolute atomic E-state index is 0.0159. The van der Waals surface area contributed by atoms with Gasteiger partial charge in [0.25, 0.3) is 0 Å². The van der Waals surface area contributed by atoms with Crippen molar-refractivity contribution in [2.24, 2.45) is 11.8 Å². The molecule has 0 unspecified atom stereocenters. The Balaban J connectivity index is 1.89. The first-order valence-corrected chi connectivity index (χ1v) is 6.60. The van der Waals surface area contributed by atoms with Crippen LogP contribution in [0.15, 0.2) is 12.3 Å². The average Bonchev–Trinajstić information content (AvgIpc) is 2.38. The maximum Gasteiger partial charge on any atom is 0.391 e. The second-order valence-corrected chi connectivity index (χ2v) is 5.17. The van der Waals surface area contributed by atoms with Crippen LogP contribution in [0.2, 0.25) is 5.15 Å². The minimum Gasteiger partial charge on any atom is -0.294 e. The molecule has 0 aliphatic heterocycles. The Labute approximate surface area is 118 Å². The number of amides is 1. The van der Waals surface area contributed by atoms with Crippen LogP contribution in [0.1, 0.15) is 25.7 Å². The van der Waals surface area contributed by atoms with Crippen LogP contribution >= 0.6 is 11.6 Å². The van der Waals surface area contributed by atoms with Crippen molar-refractivity contribution in [3.05, 3.63) is 17.4 Å². The van der Waals surface area contributed by atoms with Crippen LogP contribution in [-0.2, 0) is 4.79 Å². The second-order valence-electron chi connectivity index (χ2n) is 4.78. The molecule has 1 aliphatic rings. The van der Waals surface area contributed by atoms with E-state index in [9.17, 15) is 18.0 Å². The zero-order chi connectivity index (χ0) is 14.8. The monoisotopic (exact) mass is 307 g/mol. The summed E-state index contributed by atoms with van der Waals surface area (Å²) in [5, 5.41) is 2.67. The number of hydrogen-bond acceptors (Lipinski definition) is 3. The third-order valence-corrected chi connectivity index (χ3v) is 3.63. The normalized spacial score (nSPS) is 23.4. The molecule has 1 saturated carbocycles. The smallest absolute Gasteiger partial charge is 0.294 e. The maximum atomic E-state index is 12.5. The molecule has 8 heteroatoms. The molecule has 4 nitrogen and oxygen atoms in total. The molecule has 1 amide bonds. The molecule has 0 spiro atoms. The molecule has 1 fully saturated rings. The summed E-state index contributed by atoms with van der Waals surface area (Å²) in [6.45, 7) is 0. The van der Waals surface area contributed by atoms with Crippen molar-refractivity contribution >= 4 is 23.5 Å².